The average molecular weight is 225 g/mol. The highest BCUT2D eigenvalue weighted by molar-refractivity contribution is 7.98. The van der Waals surface area contributed by atoms with E-state index >= 15 is 0 Å². The van der Waals surface area contributed by atoms with E-state index in [9.17, 15) is 4.79 Å². The van der Waals surface area contributed by atoms with Crippen molar-refractivity contribution >= 4 is 17.7 Å². The molecule has 15 heavy (non-hydrogen) atoms. The molecule has 0 aliphatic rings. The zero-order valence-electron chi connectivity index (χ0n) is 8.90. The van der Waals surface area contributed by atoms with Crippen LogP contribution in [-0.2, 0) is 9.53 Å². The fraction of sp³-hybridized carbons (Fsp3) is 0.364. The number of rotatable bonds is 4. The lowest BCUT2D eigenvalue weighted by molar-refractivity contribution is -0.141. The summed E-state index contributed by atoms with van der Waals surface area (Å²) in [6, 6.07) is 7.60. The Bertz CT molecular complexity index is 324. The van der Waals surface area contributed by atoms with Crippen LogP contribution in [0, 0.1) is 0 Å². The molecular weight excluding hydrogens is 210 g/mol. The maximum atomic E-state index is 11.0. The van der Waals surface area contributed by atoms with Gasteiger partial charge in [0.25, 0.3) is 0 Å². The summed E-state index contributed by atoms with van der Waals surface area (Å²) in [5.41, 5.74) is 6.81. The molecule has 0 aliphatic heterocycles. The van der Waals surface area contributed by atoms with Crippen LogP contribution in [0.1, 0.15) is 18.0 Å². The number of methoxy groups -OCH3 is 1. The number of carbonyl (C=O) groups is 1. The SMILES string of the molecule is COC(=O)C[C@@H](N)c1ccc(SC)cc1. The van der Waals surface area contributed by atoms with Gasteiger partial charge in [-0.2, -0.15) is 0 Å². The number of nitrogens with two attached hydrogens (primary N) is 1. The van der Waals surface area contributed by atoms with Crippen LogP contribution in [0.2, 0.25) is 0 Å². The van der Waals surface area contributed by atoms with E-state index in [-0.39, 0.29) is 18.4 Å². The molecule has 0 unspecified atom stereocenters. The molecule has 1 rings (SSSR count). The lowest BCUT2D eigenvalue weighted by atomic mass is 10.1. The van der Waals surface area contributed by atoms with E-state index < -0.39 is 0 Å². The molecule has 0 heterocycles. The zero-order chi connectivity index (χ0) is 11.3. The van der Waals surface area contributed by atoms with Crippen molar-refractivity contribution in [1.82, 2.24) is 0 Å². The molecule has 0 saturated carbocycles. The maximum absolute atomic E-state index is 11.0. The Labute approximate surface area is 94.0 Å². The molecule has 0 aromatic heterocycles. The maximum Gasteiger partial charge on any atom is 0.307 e. The zero-order valence-corrected chi connectivity index (χ0v) is 9.71. The Balaban J connectivity index is 2.65. The predicted molar refractivity (Wildman–Crippen MR) is 61.8 cm³/mol. The molecule has 1 atom stereocenters. The first kappa shape index (κ1) is 12.1. The van der Waals surface area contributed by atoms with Gasteiger partial charge in [-0.1, -0.05) is 12.1 Å². The van der Waals surface area contributed by atoms with Crippen molar-refractivity contribution in [3.63, 3.8) is 0 Å². The van der Waals surface area contributed by atoms with Gasteiger partial charge in [0, 0.05) is 10.9 Å². The van der Waals surface area contributed by atoms with Crippen LogP contribution in [0.25, 0.3) is 0 Å². The van der Waals surface area contributed by atoms with Crippen LogP contribution < -0.4 is 5.73 Å². The van der Waals surface area contributed by atoms with Crippen molar-refractivity contribution < 1.29 is 9.53 Å². The molecule has 82 valence electrons. The van der Waals surface area contributed by atoms with Gasteiger partial charge in [0.2, 0.25) is 0 Å². The van der Waals surface area contributed by atoms with Crippen LogP contribution in [0.15, 0.2) is 29.2 Å². The molecule has 0 aliphatic carbocycles. The Morgan fingerprint density at radius 2 is 2.07 bits per heavy atom. The monoisotopic (exact) mass is 225 g/mol. The van der Waals surface area contributed by atoms with Gasteiger partial charge in [0.1, 0.15) is 0 Å². The van der Waals surface area contributed by atoms with Crippen molar-refractivity contribution in [2.45, 2.75) is 17.4 Å². The van der Waals surface area contributed by atoms with Gasteiger partial charge in [-0.3, -0.25) is 4.79 Å². The third-order valence-corrected chi connectivity index (χ3v) is 2.90. The number of benzene rings is 1. The molecule has 3 nitrogen and oxygen atoms in total. The molecule has 0 amide bonds. The summed E-state index contributed by atoms with van der Waals surface area (Å²) >= 11 is 1.68. The number of thioether (sulfide) groups is 1. The van der Waals surface area contributed by atoms with Crippen LogP contribution in [0.3, 0.4) is 0 Å². The van der Waals surface area contributed by atoms with Gasteiger partial charge >= 0.3 is 5.97 Å². The quantitative estimate of drug-likeness (QED) is 0.628. The Hall–Kier alpha value is -1.00. The number of esters is 1. The minimum Gasteiger partial charge on any atom is -0.469 e. The smallest absolute Gasteiger partial charge is 0.307 e. The number of carbonyl (C=O) groups excluding carboxylic acids is 1. The molecule has 4 heteroatoms. The molecule has 2 N–H and O–H groups in total. The van der Waals surface area contributed by atoms with E-state index in [1.165, 1.54) is 12.0 Å². The van der Waals surface area contributed by atoms with E-state index in [0.717, 1.165) is 5.56 Å². The average Bonchev–Trinajstić information content (AvgIpc) is 2.29. The lowest BCUT2D eigenvalue weighted by Gasteiger charge is -2.10. The highest BCUT2D eigenvalue weighted by Gasteiger charge is 2.11. The van der Waals surface area contributed by atoms with Crippen molar-refractivity contribution in [2.75, 3.05) is 13.4 Å². The highest BCUT2D eigenvalue weighted by Crippen LogP contribution is 2.19. The van der Waals surface area contributed by atoms with Gasteiger partial charge in [0.15, 0.2) is 0 Å². The minimum atomic E-state index is -0.284. The molecule has 0 fully saturated rings. The van der Waals surface area contributed by atoms with Crippen LogP contribution in [0.5, 0.6) is 0 Å². The molecule has 1 aromatic carbocycles. The normalized spacial score (nSPS) is 12.2. The largest absolute Gasteiger partial charge is 0.469 e. The van der Waals surface area contributed by atoms with Crippen molar-refractivity contribution in [3.8, 4) is 0 Å². The van der Waals surface area contributed by atoms with Gasteiger partial charge in [-0.15, -0.1) is 11.8 Å². The molecule has 0 saturated heterocycles. The van der Waals surface area contributed by atoms with E-state index in [1.54, 1.807) is 11.8 Å². The van der Waals surface area contributed by atoms with Crippen molar-refractivity contribution in [1.29, 1.82) is 0 Å². The molecular formula is C11H15NO2S. The fourth-order valence-corrected chi connectivity index (χ4v) is 1.64. The van der Waals surface area contributed by atoms with Crippen molar-refractivity contribution in [3.05, 3.63) is 29.8 Å². The van der Waals surface area contributed by atoms with Crippen molar-refractivity contribution in [2.24, 2.45) is 5.73 Å². The van der Waals surface area contributed by atoms with Gasteiger partial charge in [-0.05, 0) is 24.0 Å². The minimum absolute atomic E-state index is 0.217. The summed E-state index contributed by atoms with van der Waals surface area (Å²) in [4.78, 5) is 12.2. The third-order valence-electron chi connectivity index (χ3n) is 2.16. The first-order valence-corrected chi connectivity index (χ1v) is 5.86. The lowest BCUT2D eigenvalue weighted by Crippen LogP contribution is -2.16. The van der Waals surface area contributed by atoms with Gasteiger partial charge in [0.05, 0.1) is 13.5 Å². The third kappa shape index (κ3) is 3.57. The van der Waals surface area contributed by atoms with Crippen LogP contribution >= 0.6 is 11.8 Å². The number of hydrogen-bond donors (Lipinski definition) is 1. The Morgan fingerprint density at radius 1 is 1.47 bits per heavy atom. The van der Waals surface area contributed by atoms with Crippen LogP contribution in [0.4, 0.5) is 0 Å². The van der Waals surface area contributed by atoms with E-state index in [0.29, 0.717) is 0 Å². The standard InChI is InChI=1S/C11H15NO2S/c1-14-11(13)7-10(12)8-3-5-9(15-2)6-4-8/h3-6,10H,7,12H2,1-2H3/t10-/m1/s1. The summed E-state index contributed by atoms with van der Waals surface area (Å²) in [6.45, 7) is 0. The van der Waals surface area contributed by atoms with Gasteiger partial charge in [-0.25, -0.2) is 0 Å². The summed E-state index contributed by atoms with van der Waals surface area (Å²) in [6.07, 6.45) is 2.23. The second-order valence-corrected chi connectivity index (χ2v) is 4.04. The topological polar surface area (TPSA) is 52.3 Å². The van der Waals surface area contributed by atoms with E-state index in [4.69, 9.17) is 5.73 Å². The second kappa shape index (κ2) is 5.78. The Kier molecular flexibility index (Phi) is 4.65. The molecule has 0 spiro atoms. The number of ether oxygens (including phenoxy) is 1. The Morgan fingerprint density at radius 3 is 2.53 bits per heavy atom. The summed E-state index contributed by atoms with van der Waals surface area (Å²) < 4.78 is 4.56. The van der Waals surface area contributed by atoms with Gasteiger partial charge < -0.3 is 10.5 Å². The van der Waals surface area contributed by atoms with E-state index in [1.807, 2.05) is 30.5 Å². The first-order chi connectivity index (χ1) is 7.17. The predicted octanol–water partition coefficient (Wildman–Crippen LogP) is 1.97. The summed E-state index contributed by atoms with van der Waals surface area (Å²) in [7, 11) is 1.37. The molecule has 0 bridgehead atoms. The summed E-state index contributed by atoms with van der Waals surface area (Å²) in [5.74, 6) is -0.281. The first-order valence-electron chi connectivity index (χ1n) is 4.63. The van der Waals surface area contributed by atoms with Crippen LogP contribution in [-0.4, -0.2) is 19.3 Å². The number of hydrogen-bond acceptors (Lipinski definition) is 4. The second-order valence-electron chi connectivity index (χ2n) is 3.16. The fourth-order valence-electron chi connectivity index (χ4n) is 1.23. The molecule has 0 radical (unpaired) electrons. The van der Waals surface area contributed by atoms with E-state index in [2.05, 4.69) is 4.74 Å². The molecule has 1 aromatic rings. The summed E-state index contributed by atoms with van der Waals surface area (Å²) in [5, 5.41) is 0. The highest BCUT2D eigenvalue weighted by atomic mass is 32.2.